The highest BCUT2D eigenvalue weighted by atomic mass is 16.7. The van der Waals surface area contributed by atoms with Crippen LogP contribution in [0.5, 0.6) is 0 Å². The van der Waals surface area contributed by atoms with Gasteiger partial charge in [-0.05, 0) is 6.42 Å². The number of hydrogen-bond acceptors (Lipinski definition) is 4. The number of carbonyl (C=O) groups excluding carboxylic acids is 1. The minimum atomic E-state index is -0.426. The van der Waals surface area contributed by atoms with E-state index >= 15 is 0 Å². The summed E-state index contributed by atoms with van der Waals surface area (Å²) in [5.74, 6) is -0.315. The molecule has 4 heteroatoms. The van der Waals surface area contributed by atoms with Crippen LogP contribution in [0.3, 0.4) is 0 Å². The highest BCUT2D eigenvalue weighted by Gasteiger charge is 2.31. The van der Waals surface area contributed by atoms with Crippen molar-refractivity contribution < 1.29 is 19.0 Å². The molecule has 0 aliphatic carbocycles. The van der Waals surface area contributed by atoms with Gasteiger partial charge in [0.2, 0.25) is 0 Å². The van der Waals surface area contributed by atoms with E-state index in [0.29, 0.717) is 6.42 Å². The fourth-order valence-corrected chi connectivity index (χ4v) is 1.09. The molecule has 1 rings (SSSR count). The van der Waals surface area contributed by atoms with E-state index in [4.69, 9.17) is 9.47 Å². The van der Waals surface area contributed by atoms with Gasteiger partial charge in [0.15, 0.2) is 12.4 Å². The summed E-state index contributed by atoms with van der Waals surface area (Å²) < 4.78 is 14.6. The zero-order chi connectivity index (χ0) is 8.27. The summed E-state index contributed by atoms with van der Waals surface area (Å²) in [6.07, 6.45) is 0.783. The van der Waals surface area contributed by atoms with E-state index in [1.165, 1.54) is 7.11 Å². The zero-order valence-corrected chi connectivity index (χ0v) is 6.70. The molecule has 1 heterocycles. The second-order valence-corrected chi connectivity index (χ2v) is 2.39. The largest absolute Gasteiger partial charge is 0.467 e. The average molecular weight is 160 g/mol. The van der Waals surface area contributed by atoms with Crippen LogP contribution in [0, 0.1) is 0 Å². The molecule has 0 saturated carbocycles. The molecule has 1 fully saturated rings. The van der Waals surface area contributed by atoms with Gasteiger partial charge >= 0.3 is 5.97 Å². The predicted molar refractivity (Wildman–Crippen MR) is 36.9 cm³/mol. The summed E-state index contributed by atoms with van der Waals surface area (Å²) in [6, 6.07) is 0. The molecule has 4 nitrogen and oxygen atoms in total. The van der Waals surface area contributed by atoms with E-state index in [-0.39, 0.29) is 12.3 Å². The first kappa shape index (κ1) is 8.49. The molecule has 0 N–H and O–H groups in total. The Hall–Kier alpha value is -0.610. The molecule has 0 radical (unpaired) electrons. The number of esters is 1. The van der Waals surface area contributed by atoms with Crippen molar-refractivity contribution in [1.29, 1.82) is 0 Å². The lowest BCUT2D eigenvalue weighted by Crippen LogP contribution is -2.22. The molecule has 2 atom stereocenters. The first-order valence-corrected chi connectivity index (χ1v) is 3.54. The average Bonchev–Trinajstić information content (AvgIpc) is 2.50. The third-order valence-corrected chi connectivity index (χ3v) is 1.71. The van der Waals surface area contributed by atoms with Gasteiger partial charge in [-0.15, -0.1) is 0 Å². The fourth-order valence-electron chi connectivity index (χ4n) is 1.09. The van der Waals surface area contributed by atoms with Gasteiger partial charge in [0.25, 0.3) is 0 Å². The first-order valence-electron chi connectivity index (χ1n) is 3.54. The van der Waals surface area contributed by atoms with Gasteiger partial charge < -0.3 is 14.2 Å². The molecule has 0 spiro atoms. The van der Waals surface area contributed by atoms with Crippen LogP contribution >= 0.6 is 0 Å². The molecule has 1 aliphatic rings. The van der Waals surface area contributed by atoms with Crippen molar-refractivity contribution in [3.8, 4) is 0 Å². The van der Waals surface area contributed by atoms with E-state index in [2.05, 4.69) is 4.74 Å². The third kappa shape index (κ3) is 1.91. The van der Waals surface area contributed by atoms with Crippen LogP contribution in [0.25, 0.3) is 0 Å². The van der Waals surface area contributed by atoms with Crippen LogP contribution in [-0.2, 0) is 19.0 Å². The van der Waals surface area contributed by atoms with Crippen LogP contribution in [-0.4, -0.2) is 32.6 Å². The normalized spacial score (nSPS) is 30.4. The number of methoxy groups -OCH3 is 2. The molecule has 11 heavy (non-hydrogen) atoms. The van der Waals surface area contributed by atoms with Gasteiger partial charge in [0, 0.05) is 13.5 Å². The summed E-state index contributed by atoms with van der Waals surface area (Å²) in [6.45, 7) is 0. The Morgan fingerprint density at radius 1 is 1.45 bits per heavy atom. The highest BCUT2D eigenvalue weighted by Crippen LogP contribution is 2.20. The van der Waals surface area contributed by atoms with Crippen molar-refractivity contribution in [2.24, 2.45) is 0 Å². The summed E-state index contributed by atoms with van der Waals surface area (Å²) in [5, 5.41) is 0. The minimum absolute atomic E-state index is 0.237. The van der Waals surface area contributed by atoms with Gasteiger partial charge in [0.05, 0.1) is 7.11 Å². The molecule has 64 valence electrons. The Kier molecular flexibility index (Phi) is 2.84. The molecule has 1 aliphatic heterocycles. The lowest BCUT2D eigenvalue weighted by Gasteiger charge is -2.09. The molecule has 1 saturated heterocycles. The molecular formula is C7H12O4. The SMILES string of the molecule is COC(=O)[C@@H]1CC[C@H](OC)O1. The van der Waals surface area contributed by atoms with E-state index in [0.717, 1.165) is 6.42 Å². The lowest BCUT2D eigenvalue weighted by molar-refractivity contribution is -0.166. The number of ether oxygens (including phenoxy) is 3. The maximum atomic E-state index is 10.9. The fraction of sp³-hybridized carbons (Fsp3) is 0.857. The van der Waals surface area contributed by atoms with Crippen LogP contribution in [0.1, 0.15) is 12.8 Å². The monoisotopic (exact) mass is 160 g/mol. The molecular weight excluding hydrogens is 148 g/mol. The Balaban J connectivity index is 2.35. The maximum absolute atomic E-state index is 10.9. The molecule has 0 bridgehead atoms. The van der Waals surface area contributed by atoms with Crippen LogP contribution < -0.4 is 0 Å². The predicted octanol–water partition coefficient (Wildman–Crippen LogP) is 0.311. The van der Waals surface area contributed by atoms with Crippen LogP contribution in [0.15, 0.2) is 0 Å². The van der Waals surface area contributed by atoms with Gasteiger partial charge in [-0.25, -0.2) is 4.79 Å². The smallest absolute Gasteiger partial charge is 0.335 e. The quantitative estimate of drug-likeness (QED) is 0.545. The third-order valence-electron chi connectivity index (χ3n) is 1.71. The standard InChI is InChI=1S/C7H12O4/c1-9-6-4-3-5(11-6)7(8)10-2/h5-6H,3-4H2,1-2H3/t5-,6+/m0/s1. The zero-order valence-electron chi connectivity index (χ0n) is 6.70. The molecule has 0 aromatic rings. The van der Waals surface area contributed by atoms with Crippen molar-refractivity contribution in [3.63, 3.8) is 0 Å². The molecule has 0 aromatic heterocycles. The van der Waals surface area contributed by atoms with E-state index in [1.807, 2.05) is 0 Å². The summed E-state index contributed by atoms with van der Waals surface area (Å²) >= 11 is 0. The van der Waals surface area contributed by atoms with E-state index in [9.17, 15) is 4.79 Å². The van der Waals surface area contributed by atoms with Crippen LogP contribution in [0.2, 0.25) is 0 Å². The summed E-state index contributed by atoms with van der Waals surface area (Å²) in [7, 11) is 2.91. The van der Waals surface area contributed by atoms with Crippen molar-refractivity contribution in [2.45, 2.75) is 25.2 Å². The summed E-state index contributed by atoms with van der Waals surface area (Å²) in [5.41, 5.74) is 0. The summed E-state index contributed by atoms with van der Waals surface area (Å²) in [4.78, 5) is 10.9. The maximum Gasteiger partial charge on any atom is 0.335 e. The van der Waals surface area contributed by atoms with Crippen molar-refractivity contribution in [2.75, 3.05) is 14.2 Å². The molecule has 0 aromatic carbocycles. The Labute approximate surface area is 65.4 Å². The lowest BCUT2D eigenvalue weighted by atomic mass is 10.2. The van der Waals surface area contributed by atoms with Gasteiger partial charge in [-0.2, -0.15) is 0 Å². The molecule has 0 amide bonds. The van der Waals surface area contributed by atoms with Crippen molar-refractivity contribution in [1.82, 2.24) is 0 Å². The van der Waals surface area contributed by atoms with E-state index in [1.54, 1.807) is 7.11 Å². The highest BCUT2D eigenvalue weighted by molar-refractivity contribution is 5.74. The van der Waals surface area contributed by atoms with Crippen molar-refractivity contribution >= 4 is 5.97 Å². The second kappa shape index (κ2) is 3.69. The number of rotatable bonds is 2. The van der Waals surface area contributed by atoms with Gasteiger partial charge in [-0.3, -0.25) is 0 Å². The van der Waals surface area contributed by atoms with Crippen LogP contribution in [0.4, 0.5) is 0 Å². The Morgan fingerprint density at radius 2 is 2.18 bits per heavy atom. The Morgan fingerprint density at radius 3 is 2.64 bits per heavy atom. The van der Waals surface area contributed by atoms with Crippen molar-refractivity contribution in [3.05, 3.63) is 0 Å². The number of hydrogen-bond donors (Lipinski definition) is 0. The van der Waals surface area contributed by atoms with Gasteiger partial charge in [-0.1, -0.05) is 0 Å². The Bertz CT molecular complexity index is 145. The minimum Gasteiger partial charge on any atom is -0.467 e. The second-order valence-electron chi connectivity index (χ2n) is 2.39. The van der Waals surface area contributed by atoms with Gasteiger partial charge in [0.1, 0.15) is 0 Å². The number of carbonyl (C=O) groups is 1. The topological polar surface area (TPSA) is 44.8 Å². The first-order chi connectivity index (χ1) is 5.27. The molecule has 0 unspecified atom stereocenters. The van der Waals surface area contributed by atoms with E-state index < -0.39 is 6.10 Å².